The zero-order chi connectivity index (χ0) is 62.0. The van der Waals surface area contributed by atoms with Gasteiger partial charge in [0.05, 0.1) is 0 Å². The van der Waals surface area contributed by atoms with Gasteiger partial charge >= 0.3 is 0 Å². The second-order valence-corrected chi connectivity index (χ2v) is 29.8. The number of rotatable bonds is 78. The van der Waals surface area contributed by atoms with Gasteiger partial charge in [-0.1, -0.05) is 502 Å². The Morgan fingerprint density at radius 3 is 0.586 bits per heavy atom. The van der Waals surface area contributed by atoms with Gasteiger partial charge in [-0.15, -0.1) is 0 Å². The first kappa shape index (κ1) is 84.4. The van der Waals surface area contributed by atoms with Crippen LogP contribution in [0.15, 0.2) is 23.8 Å². The van der Waals surface area contributed by atoms with Crippen LogP contribution in [0.5, 0.6) is 0 Å². The third-order valence-corrected chi connectivity index (χ3v) is 21.0. The minimum atomic E-state index is 0.642. The highest BCUT2D eigenvalue weighted by molar-refractivity contribution is 6.62. The standard InChI is InChI=1S/C85H168BN/c1-4-7-10-13-16-19-22-25-28-31-34-37-40-43-46-49-52-55-58-61-64-67-70-73-76-80-85-81-79-83-86(82-77-74-71-68-65-62-59-56-53-50-47-44-41-38-35-32-29-26-23-20-17-14-11-8-5-2)87(85)84-78-75-72-69-66-63-60-57-54-51-48-45-42-39-36-33-30-27-24-21-18-15-12-9-6-3/h79,81,83H,4-78,80,82,84H2,1-3H3. The van der Waals surface area contributed by atoms with Crippen molar-refractivity contribution >= 4 is 6.85 Å². The number of unbranched alkanes of at least 4 members (excludes halogenated alkanes) is 72. The minimum absolute atomic E-state index is 0.642. The van der Waals surface area contributed by atoms with Crippen LogP contribution < -0.4 is 0 Å². The number of nitrogens with zero attached hydrogens (tertiary/aromatic N) is 1. The highest BCUT2D eigenvalue weighted by Gasteiger charge is 2.24. The van der Waals surface area contributed by atoms with Gasteiger partial charge in [-0.05, 0) is 31.7 Å². The van der Waals surface area contributed by atoms with Crippen LogP contribution in [0.4, 0.5) is 0 Å². The van der Waals surface area contributed by atoms with Gasteiger partial charge in [0.25, 0.3) is 6.85 Å². The number of hydrogen-bond acceptors (Lipinski definition) is 1. The van der Waals surface area contributed by atoms with Crippen molar-refractivity contribution in [3.8, 4) is 0 Å². The Hall–Kier alpha value is -0.655. The lowest BCUT2D eigenvalue weighted by Crippen LogP contribution is -2.39. The average molecular weight is 1220 g/mol. The highest BCUT2D eigenvalue weighted by atomic mass is 15.1. The van der Waals surface area contributed by atoms with E-state index in [0.717, 1.165) is 0 Å². The van der Waals surface area contributed by atoms with Gasteiger partial charge < -0.3 is 4.81 Å². The van der Waals surface area contributed by atoms with Crippen LogP contribution in [0.25, 0.3) is 0 Å². The van der Waals surface area contributed by atoms with Gasteiger partial charge in [0.15, 0.2) is 0 Å². The molecule has 1 aliphatic heterocycles. The Balaban J connectivity index is 2.19. The summed E-state index contributed by atoms with van der Waals surface area (Å²) in [5.74, 6) is 2.59. The minimum Gasteiger partial charge on any atom is -0.414 e. The predicted octanol–water partition coefficient (Wildman–Crippen LogP) is 32.0. The van der Waals surface area contributed by atoms with Crippen LogP contribution in [-0.4, -0.2) is 18.2 Å². The molecule has 1 nitrogen and oxygen atoms in total. The Labute approximate surface area is 554 Å². The monoisotopic (exact) mass is 1210 g/mol. The predicted molar refractivity (Wildman–Crippen MR) is 402 cm³/mol. The molecular formula is C85H168BN. The average Bonchev–Trinajstić information content (AvgIpc) is 3.73. The van der Waals surface area contributed by atoms with Crippen molar-refractivity contribution in [1.29, 1.82) is 0 Å². The lowest BCUT2D eigenvalue weighted by Gasteiger charge is -2.35. The van der Waals surface area contributed by atoms with Crippen LogP contribution in [0.2, 0.25) is 6.32 Å². The van der Waals surface area contributed by atoms with Gasteiger partial charge in [-0.2, -0.15) is 0 Å². The van der Waals surface area contributed by atoms with Crippen LogP contribution >= 0.6 is 0 Å². The van der Waals surface area contributed by atoms with E-state index in [1.165, 1.54) is 501 Å². The number of hydrogen-bond donors (Lipinski definition) is 0. The van der Waals surface area contributed by atoms with E-state index in [1.54, 1.807) is 5.70 Å². The van der Waals surface area contributed by atoms with Crippen molar-refractivity contribution in [1.82, 2.24) is 4.81 Å². The third-order valence-electron chi connectivity index (χ3n) is 21.0. The van der Waals surface area contributed by atoms with E-state index in [4.69, 9.17) is 0 Å². The summed E-state index contributed by atoms with van der Waals surface area (Å²) in [5.41, 5.74) is 1.68. The SMILES string of the molecule is CCCCCCCCCCCCCCCCCCCCCCCCCCCB1C=CC=C(CCCCCCCCCCCCCCCCCCCCCCCCCCC)N1CCCCCCCCCCCCCCCCCCCCCCCCCCC. The molecule has 0 amide bonds. The number of allylic oxidation sites excluding steroid dienone is 3. The summed E-state index contributed by atoms with van der Waals surface area (Å²) in [7, 11) is 0. The molecule has 0 N–H and O–H groups in total. The molecule has 0 aromatic rings. The van der Waals surface area contributed by atoms with E-state index in [1.807, 2.05) is 0 Å². The molecule has 0 atom stereocenters. The van der Waals surface area contributed by atoms with Crippen molar-refractivity contribution in [2.45, 2.75) is 515 Å². The molecule has 0 radical (unpaired) electrons. The molecule has 516 valence electrons. The summed E-state index contributed by atoms with van der Waals surface area (Å²) in [6, 6.07) is 0. The lowest BCUT2D eigenvalue weighted by molar-refractivity contribution is 0.453. The fourth-order valence-electron chi connectivity index (χ4n) is 14.9. The van der Waals surface area contributed by atoms with Gasteiger partial charge in [-0.3, -0.25) is 0 Å². The van der Waals surface area contributed by atoms with E-state index in [9.17, 15) is 0 Å². The molecule has 87 heavy (non-hydrogen) atoms. The zero-order valence-electron chi connectivity index (χ0n) is 61.4. The van der Waals surface area contributed by atoms with E-state index >= 15 is 0 Å². The van der Waals surface area contributed by atoms with Crippen molar-refractivity contribution in [3.05, 3.63) is 23.8 Å². The van der Waals surface area contributed by atoms with Crippen molar-refractivity contribution in [2.24, 2.45) is 0 Å². The van der Waals surface area contributed by atoms with E-state index < -0.39 is 0 Å². The first-order chi connectivity index (χ1) is 43.3. The second kappa shape index (κ2) is 76.1. The Bertz CT molecular complexity index is 1290. The summed E-state index contributed by atoms with van der Waals surface area (Å²) >= 11 is 0. The van der Waals surface area contributed by atoms with Crippen LogP contribution in [-0.2, 0) is 0 Å². The van der Waals surface area contributed by atoms with Gasteiger partial charge in [0.2, 0.25) is 0 Å². The quantitative estimate of drug-likeness (QED) is 0.0433. The largest absolute Gasteiger partial charge is 0.414 e. The summed E-state index contributed by atoms with van der Waals surface area (Å²) in [5, 5.41) is 0. The summed E-state index contributed by atoms with van der Waals surface area (Å²) in [6.45, 7) is 8.90. The van der Waals surface area contributed by atoms with E-state index in [0.29, 0.717) is 6.85 Å². The lowest BCUT2D eigenvalue weighted by atomic mass is 9.54. The first-order valence-electron chi connectivity index (χ1n) is 42.5. The molecule has 1 aliphatic rings. The molecule has 0 saturated carbocycles. The Morgan fingerprint density at radius 2 is 0.379 bits per heavy atom. The summed E-state index contributed by atoms with van der Waals surface area (Å²) in [6.07, 6.45) is 118. The molecule has 0 saturated heterocycles. The Kier molecular flexibility index (Phi) is 73.7. The van der Waals surface area contributed by atoms with Crippen LogP contribution in [0.1, 0.15) is 509 Å². The normalized spacial score (nSPS) is 12.7. The fourth-order valence-corrected chi connectivity index (χ4v) is 14.9. The maximum atomic E-state index is 2.91. The molecule has 0 spiro atoms. The first-order valence-corrected chi connectivity index (χ1v) is 42.5. The second-order valence-electron chi connectivity index (χ2n) is 29.8. The molecule has 2 heteroatoms. The highest BCUT2D eigenvalue weighted by Crippen LogP contribution is 2.27. The van der Waals surface area contributed by atoms with Crippen molar-refractivity contribution < 1.29 is 0 Å². The Morgan fingerprint density at radius 1 is 0.207 bits per heavy atom. The summed E-state index contributed by atoms with van der Waals surface area (Å²) in [4.78, 5) is 2.91. The molecule has 0 fully saturated rings. The molecule has 1 heterocycles. The third kappa shape index (κ3) is 66.6. The van der Waals surface area contributed by atoms with Gasteiger partial charge in [0, 0.05) is 12.2 Å². The molecule has 1 rings (SSSR count). The fraction of sp³-hybridized carbons (Fsp3) is 0.953. The molecule has 0 aliphatic carbocycles. The summed E-state index contributed by atoms with van der Waals surface area (Å²) < 4.78 is 0. The molecule has 0 aromatic heterocycles. The molecule has 0 bridgehead atoms. The zero-order valence-corrected chi connectivity index (χ0v) is 61.4. The maximum absolute atomic E-state index is 2.91. The van der Waals surface area contributed by atoms with Crippen LogP contribution in [0, 0.1) is 0 Å². The molecular weight excluding hydrogens is 1050 g/mol. The van der Waals surface area contributed by atoms with Crippen LogP contribution in [0.3, 0.4) is 0 Å². The van der Waals surface area contributed by atoms with Gasteiger partial charge in [-0.25, -0.2) is 0 Å². The smallest absolute Gasteiger partial charge is 0.280 e. The van der Waals surface area contributed by atoms with Crippen molar-refractivity contribution in [2.75, 3.05) is 6.54 Å². The van der Waals surface area contributed by atoms with E-state index in [-0.39, 0.29) is 0 Å². The molecule has 0 aromatic carbocycles. The molecule has 0 unspecified atom stereocenters. The van der Waals surface area contributed by atoms with E-state index in [2.05, 4.69) is 43.7 Å². The van der Waals surface area contributed by atoms with Gasteiger partial charge in [0.1, 0.15) is 0 Å². The maximum Gasteiger partial charge on any atom is 0.280 e. The topological polar surface area (TPSA) is 3.24 Å². The van der Waals surface area contributed by atoms with Crippen molar-refractivity contribution in [3.63, 3.8) is 0 Å².